The molecular formula is C10H9N. The number of hydrogen-bond acceptors (Lipinski definition) is 0. The van der Waals surface area contributed by atoms with Crippen molar-refractivity contribution in [3.8, 4) is 0 Å². The Morgan fingerprint density at radius 3 is 2.91 bits per heavy atom. The van der Waals surface area contributed by atoms with E-state index >= 15 is 0 Å². The molecule has 3 rings (SSSR count). The second-order valence-electron chi connectivity index (χ2n) is 3.10. The molecule has 0 N–H and O–H groups in total. The van der Waals surface area contributed by atoms with Gasteiger partial charge in [-0.3, -0.25) is 0 Å². The van der Waals surface area contributed by atoms with Gasteiger partial charge in [0.1, 0.15) is 0 Å². The van der Waals surface area contributed by atoms with Crippen LogP contribution in [0.2, 0.25) is 0 Å². The van der Waals surface area contributed by atoms with Crippen molar-refractivity contribution in [2.45, 2.75) is 13.0 Å². The van der Waals surface area contributed by atoms with Gasteiger partial charge in [-0.05, 0) is 17.5 Å². The van der Waals surface area contributed by atoms with Crippen molar-refractivity contribution in [3.05, 3.63) is 36.0 Å². The molecule has 1 aliphatic heterocycles. The average Bonchev–Trinajstić information content (AvgIpc) is 2.23. The lowest BCUT2D eigenvalue weighted by atomic mass is 10.2. The largest absolute Gasteiger partial charge is 0.344 e. The summed E-state index contributed by atoms with van der Waals surface area (Å²) >= 11 is 0. The minimum Gasteiger partial charge on any atom is -0.344 e. The Bertz CT molecular complexity index is 412. The fraction of sp³-hybridized carbons (Fsp3) is 0.200. The van der Waals surface area contributed by atoms with Crippen molar-refractivity contribution in [2.75, 3.05) is 0 Å². The van der Waals surface area contributed by atoms with Crippen LogP contribution < -0.4 is 0 Å². The van der Waals surface area contributed by atoms with Crippen LogP contribution in [0.15, 0.2) is 30.3 Å². The Morgan fingerprint density at radius 2 is 2.09 bits per heavy atom. The predicted octanol–water partition coefficient (Wildman–Crippen LogP) is 2.20. The molecule has 1 aromatic heterocycles. The van der Waals surface area contributed by atoms with Crippen LogP contribution in [0, 0.1) is 0 Å². The Hall–Kier alpha value is -1.24. The third-order valence-electron chi connectivity index (χ3n) is 2.49. The molecule has 1 heteroatoms. The van der Waals surface area contributed by atoms with Crippen molar-refractivity contribution in [2.24, 2.45) is 0 Å². The average molecular weight is 143 g/mol. The predicted molar refractivity (Wildman–Crippen MR) is 45.6 cm³/mol. The van der Waals surface area contributed by atoms with Gasteiger partial charge in [0.25, 0.3) is 0 Å². The molecule has 0 radical (unpaired) electrons. The molecule has 11 heavy (non-hydrogen) atoms. The second kappa shape index (κ2) is 1.67. The number of hydrogen-bond donors (Lipinski definition) is 0. The summed E-state index contributed by atoms with van der Waals surface area (Å²) in [6, 6.07) is 10.9. The molecule has 2 aromatic rings. The molecule has 0 unspecified atom stereocenters. The topological polar surface area (TPSA) is 4.93 Å². The summed E-state index contributed by atoms with van der Waals surface area (Å²) < 4.78 is 2.38. The van der Waals surface area contributed by atoms with Gasteiger partial charge in [-0.15, -0.1) is 0 Å². The van der Waals surface area contributed by atoms with E-state index in [9.17, 15) is 0 Å². The third kappa shape index (κ3) is 0.559. The van der Waals surface area contributed by atoms with Crippen LogP contribution in [-0.4, -0.2) is 4.57 Å². The molecule has 1 nitrogen and oxygen atoms in total. The first-order valence-electron chi connectivity index (χ1n) is 4.02. The van der Waals surface area contributed by atoms with Crippen LogP contribution in [0.5, 0.6) is 0 Å². The Kier molecular flexibility index (Phi) is 0.823. The number of aryl methyl sites for hydroxylation is 2. The fourth-order valence-electron chi connectivity index (χ4n) is 1.81. The summed E-state index contributed by atoms with van der Waals surface area (Å²) in [6.07, 6.45) is 1.26. The van der Waals surface area contributed by atoms with Crippen LogP contribution in [0.4, 0.5) is 0 Å². The molecule has 0 aliphatic carbocycles. The molecule has 0 bridgehead atoms. The quantitative estimate of drug-likeness (QED) is 0.532. The van der Waals surface area contributed by atoms with Gasteiger partial charge in [-0.1, -0.05) is 18.2 Å². The monoisotopic (exact) mass is 143 g/mol. The Morgan fingerprint density at radius 1 is 1.18 bits per heavy atom. The highest BCUT2D eigenvalue weighted by Gasteiger charge is 2.14. The van der Waals surface area contributed by atoms with Crippen molar-refractivity contribution < 1.29 is 0 Å². The minimum absolute atomic E-state index is 1.21. The van der Waals surface area contributed by atoms with E-state index in [-0.39, 0.29) is 0 Å². The lowest BCUT2D eigenvalue weighted by molar-refractivity contribution is 0.575. The highest BCUT2D eigenvalue weighted by molar-refractivity contribution is 5.82. The lowest BCUT2D eigenvalue weighted by Gasteiger charge is -2.18. The van der Waals surface area contributed by atoms with E-state index in [2.05, 4.69) is 34.9 Å². The molecular weight excluding hydrogens is 134 g/mol. The maximum Gasteiger partial charge on any atom is 0.0482 e. The number of aromatic nitrogens is 1. The summed E-state index contributed by atoms with van der Waals surface area (Å²) in [4.78, 5) is 0. The van der Waals surface area contributed by atoms with Gasteiger partial charge in [0.15, 0.2) is 0 Å². The summed E-state index contributed by atoms with van der Waals surface area (Å²) in [5.41, 5.74) is 2.89. The van der Waals surface area contributed by atoms with Gasteiger partial charge in [0, 0.05) is 24.2 Å². The maximum atomic E-state index is 2.38. The van der Waals surface area contributed by atoms with Gasteiger partial charge in [0.05, 0.1) is 0 Å². The molecule has 0 saturated heterocycles. The van der Waals surface area contributed by atoms with Crippen LogP contribution in [0.25, 0.3) is 10.9 Å². The van der Waals surface area contributed by atoms with Crippen LogP contribution >= 0.6 is 0 Å². The highest BCUT2D eigenvalue weighted by atomic mass is 15.0. The first kappa shape index (κ1) is 5.42. The minimum atomic E-state index is 1.21. The van der Waals surface area contributed by atoms with Gasteiger partial charge in [0.2, 0.25) is 0 Å². The molecule has 0 atom stereocenters. The molecule has 1 aromatic carbocycles. The van der Waals surface area contributed by atoms with Crippen LogP contribution in [0.3, 0.4) is 0 Å². The summed E-state index contributed by atoms with van der Waals surface area (Å²) in [6.45, 7) is 1.21. The normalized spacial score (nSPS) is 14.5. The van der Waals surface area contributed by atoms with E-state index in [1.807, 2.05) is 0 Å². The number of rotatable bonds is 0. The SMILES string of the molecule is c1ccc2c(c1)cc1n2CC1. The van der Waals surface area contributed by atoms with Crippen molar-refractivity contribution >= 4 is 10.9 Å². The number of fused-ring (bicyclic) bond motifs is 3. The van der Waals surface area contributed by atoms with Gasteiger partial charge in [-0.25, -0.2) is 0 Å². The highest BCUT2D eigenvalue weighted by Crippen LogP contribution is 2.25. The van der Waals surface area contributed by atoms with Crippen LogP contribution in [-0.2, 0) is 13.0 Å². The standard InChI is InChI=1S/C10H9N/c1-2-4-10-8(3-1)7-9-5-6-11(9)10/h1-4,7H,5-6H2. The van der Waals surface area contributed by atoms with E-state index < -0.39 is 0 Å². The molecule has 0 spiro atoms. The van der Waals surface area contributed by atoms with Crippen molar-refractivity contribution in [3.63, 3.8) is 0 Å². The third-order valence-corrected chi connectivity index (χ3v) is 2.49. The number of nitrogens with zero attached hydrogens (tertiary/aromatic N) is 1. The summed E-state index contributed by atoms with van der Waals surface area (Å²) in [5.74, 6) is 0. The fourth-order valence-corrected chi connectivity index (χ4v) is 1.81. The summed E-state index contributed by atoms with van der Waals surface area (Å²) in [5, 5.41) is 1.39. The number of benzene rings is 1. The molecule has 0 saturated carbocycles. The molecule has 54 valence electrons. The lowest BCUT2D eigenvalue weighted by Crippen LogP contribution is -2.15. The zero-order valence-electron chi connectivity index (χ0n) is 6.25. The van der Waals surface area contributed by atoms with E-state index in [0.717, 1.165) is 0 Å². The van der Waals surface area contributed by atoms with Crippen molar-refractivity contribution in [1.82, 2.24) is 4.57 Å². The van der Waals surface area contributed by atoms with E-state index in [4.69, 9.17) is 0 Å². The van der Waals surface area contributed by atoms with Crippen LogP contribution in [0.1, 0.15) is 5.69 Å². The second-order valence-corrected chi connectivity index (χ2v) is 3.10. The molecule has 0 amide bonds. The van der Waals surface area contributed by atoms with Gasteiger partial charge >= 0.3 is 0 Å². The zero-order chi connectivity index (χ0) is 7.26. The summed E-state index contributed by atoms with van der Waals surface area (Å²) in [7, 11) is 0. The van der Waals surface area contributed by atoms with E-state index in [1.54, 1.807) is 0 Å². The Labute approximate surface area is 65.3 Å². The molecule has 2 heterocycles. The van der Waals surface area contributed by atoms with E-state index in [1.165, 1.54) is 29.6 Å². The first-order chi connectivity index (χ1) is 5.45. The van der Waals surface area contributed by atoms with Gasteiger partial charge in [-0.2, -0.15) is 0 Å². The molecule has 1 aliphatic rings. The first-order valence-corrected chi connectivity index (χ1v) is 4.02. The maximum absolute atomic E-state index is 2.38. The smallest absolute Gasteiger partial charge is 0.0482 e. The molecule has 0 fully saturated rings. The zero-order valence-corrected chi connectivity index (χ0v) is 6.25. The Balaban J connectivity index is 2.53. The van der Waals surface area contributed by atoms with Crippen molar-refractivity contribution in [1.29, 1.82) is 0 Å². The van der Waals surface area contributed by atoms with E-state index in [0.29, 0.717) is 0 Å². The van der Waals surface area contributed by atoms with Gasteiger partial charge < -0.3 is 4.57 Å². The number of para-hydroxylation sites is 1.